The van der Waals surface area contributed by atoms with Crippen molar-refractivity contribution in [2.75, 3.05) is 0 Å². The summed E-state index contributed by atoms with van der Waals surface area (Å²) in [6, 6.07) is 49.6. The molecule has 5 aromatic carbocycles. The third kappa shape index (κ3) is 5.86. The van der Waals surface area contributed by atoms with Gasteiger partial charge in [0.1, 0.15) is 16.9 Å². The summed E-state index contributed by atoms with van der Waals surface area (Å²) >= 11 is 0. The van der Waals surface area contributed by atoms with Crippen molar-refractivity contribution in [1.82, 2.24) is 34.7 Å². The van der Waals surface area contributed by atoms with Crippen LogP contribution in [-0.2, 0) is 24.8 Å². The number of hydrogen-bond acceptors (Lipinski definition) is 5. The minimum absolute atomic E-state index is 0.191. The van der Waals surface area contributed by atoms with Gasteiger partial charge in [-0.1, -0.05) is 154 Å². The smallest absolute Gasteiger partial charge is 0.184 e. The van der Waals surface area contributed by atoms with Crippen LogP contribution >= 0.6 is 0 Å². The van der Waals surface area contributed by atoms with Crippen LogP contribution in [0.25, 0.3) is 33.7 Å². The molecule has 7 heteroatoms. The molecule has 0 radical (unpaired) electrons. The standard InChI is InChI=1S/C48H45N7/c1-5-44-50-45-33(4)30-39(29-32(2)3)49-47(45)54(44)43-28-26-35-31-34(25-27-41(35)43)40-23-15-16-24-42(40)46-51-52-53-55(46)48(36-17-9-6-10-18-36,37-19-11-7-12-20-37)38-21-13-8-14-22-38/h6-25,27,30-32,43H,5,26,28-29H2,1-4H3/t43-/m0/s1. The Morgan fingerprint density at radius 3 is 1.96 bits per heavy atom. The van der Waals surface area contributed by atoms with Crippen LogP contribution in [-0.4, -0.2) is 34.7 Å². The molecule has 0 spiro atoms. The molecular formula is C48H45N7. The molecule has 3 aromatic heterocycles. The van der Waals surface area contributed by atoms with E-state index in [2.05, 4.69) is 177 Å². The van der Waals surface area contributed by atoms with Gasteiger partial charge in [-0.25, -0.2) is 14.6 Å². The molecule has 9 rings (SSSR count). The van der Waals surface area contributed by atoms with E-state index in [4.69, 9.17) is 20.3 Å². The van der Waals surface area contributed by atoms with Crippen molar-refractivity contribution in [2.45, 2.75) is 65.0 Å². The van der Waals surface area contributed by atoms with Gasteiger partial charge in [-0.15, -0.1) is 5.10 Å². The molecular weight excluding hydrogens is 675 g/mol. The molecule has 8 aromatic rings. The van der Waals surface area contributed by atoms with E-state index in [1.165, 1.54) is 16.7 Å². The fraction of sp³-hybridized carbons (Fsp3) is 0.229. The molecule has 0 bridgehead atoms. The Bertz CT molecular complexity index is 2510. The minimum Gasteiger partial charge on any atom is -0.305 e. The van der Waals surface area contributed by atoms with Crippen LogP contribution < -0.4 is 0 Å². The molecule has 0 N–H and O–H groups in total. The van der Waals surface area contributed by atoms with E-state index in [1.54, 1.807) is 0 Å². The SMILES string of the molecule is CCc1nc2c(C)cc(CC(C)C)nc2n1[C@H]1CCc2cc(-c3ccccc3-c3nnnn3C(c3ccccc3)(c3ccccc3)c3ccccc3)ccc21. The van der Waals surface area contributed by atoms with Crippen molar-refractivity contribution >= 4 is 11.2 Å². The predicted molar refractivity (Wildman–Crippen MR) is 220 cm³/mol. The largest absolute Gasteiger partial charge is 0.305 e. The Balaban J connectivity index is 1.17. The number of pyridine rings is 1. The summed E-state index contributed by atoms with van der Waals surface area (Å²) in [6.07, 6.45) is 3.82. The topological polar surface area (TPSA) is 74.3 Å². The van der Waals surface area contributed by atoms with Crippen LogP contribution in [0.5, 0.6) is 0 Å². The Kier molecular flexibility index (Phi) is 8.93. The number of benzene rings is 5. The van der Waals surface area contributed by atoms with Crippen molar-refractivity contribution in [3.8, 4) is 22.5 Å². The number of aryl methyl sites for hydroxylation is 3. The van der Waals surface area contributed by atoms with Gasteiger partial charge in [-0.3, -0.25) is 0 Å². The maximum absolute atomic E-state index is 5.24. The summed E-state index contributed by atoms with van der Waals surface area (Å²) in [5.41, 5.74) is 12.7. The first-order valence-corrected chi connectivity index (χ1v) is 19.5. The predicted octanol–water partition coefficient (Wildman–Crippen LogP) is 10.2. The van der Waals surface area contributed by atoms with Crippen LogP contribution in [0.15, 0.2) is 140 Å². The molecule has 0 fully saturated rings. The molecule has 1 atom stereocenters. The van der Waals surface area contributed by atoms with E-state index in [-0.39, 0.29) is 6.04 Å². The molecule has 272 valence electrons. The third-order valence-corrected chi connectivity index (χ3v) is 11.2. The fourth-order valence-electron chi connectivity index (χ4n) is 8.87. The van der Waals surface area contributed by atoms with Gasteiger partial charge in [0, 0.05) is 17.7 Å². The highest BCUT2D eigenvalue weighted by atomic mass is 15.6. The quantitative estimate of drug-likeness (QED) is 0.132. The van der Waals surface area contributed by atoms with Crippen molar-refractivity contribution in [2.24, 2.45) is 5.92 Å². The van der Waals surface area contributed by atoms with Crippen LogP contribution in [0.1, 0.15) is 78.1 Å². The zero-order chi connectivity index (χ0) is 37.5. The van der Waals surface area contributed by atoms with Gasteiger partial charge < -0.3 is 4.57 Å². The molecule has 0 saturated carbocycles. The van der Waals surface area contributed by atoms with E-state index >= 15 is 0 Å². The summed E-state index contributed by atoms with van der Waals surface area (Å²) in [7, 11) is 0. The van der Waals surface area contributed by atoms with Crippen LogP contribution in [0, 0.1) is 12.8 Å². The first-order chi connectivity index (χ1) is 27.0. The van der Waals surface area contributed by atoms with E-state index in [9.17, 15) is 0 Å². The Hall–Kier alpha value is -6.21. The second kappa shape index (κ2) is 14.2. The van der Waals surface area contributed by atoms with Crippen molar-refractivity contribution in [3.05, 3.63) is 184 Å². The molecule has 0 unspecified atom stereocenters. The monoisotopic (exact) mass is 719 g/mol. The van der Waals surface area contributed by atoms with Gasteiger partial charge in [0.15, 0.2) is 11.5 Å². The number of tetrazole rings is 1. The molecule has 3 heterocycles. The number of hydrogen-bond donors (Lipinski definition) is 0. The lowest BCUT2D eigenvalue weighted by Gasteiger charge is -2.36. The van der Waals surface area contributed by atoms with Crippen LogP contribution in [0.3, 0.4) is 0 Å². The second-order valence-electron chi connectivity index (χ2n) is 15.2. The average Bonchev–Trinajstić information content (AvgIpc) is 3.97. The minimum atomic E-state index is -0.840. The zero-order valence-corrected chi connectivity index (χ0v) is 31.9. The van der Waals surface area contributed by atoms with E-state index in [1.807, 2.05) is 4.68 Å². The second-order valence-corrected chi connectivity index (χ2v) is 15.2. The van der Waals surface area contributed by atoms with Crippen molar-refractivity contribution in [3.63, 3.8) is 0 Å². The lowest BCUT2D eigenvalue weighted by atomic mass is 9.77. The lowest BCUT2D eigenvalue weighted by molar-refractivity contribution is 0.451. The number of rotatable bonds is 10. The summed E-state index contributed by atoms with van der Waals surface area (Å²) in [4.78, 5) is 10.4. The van der Waals surface area contributed by atoms with Gasteiger partial charge in [-0.05, 0) is 93.1 Å². The Labute approximate surface area is 322 Å². The number of imidazole rings is 1. The average molecular weight is 720 g/mol. The van der Waals surface area contributed by atoms with Gasteiger partial charge in [0.25, 0.3) is 0 Å². The molecule has 0 aliphatic heterocycles. The van der Waals surface area contributed by atoms with Gasteiger partial charge in [-0.2, -0.15) is 0 Å². The molecule has 1 aliphatic carbocycles. The molecule has 7 nitrogen and oxygen atoms in total. The highest BCUT2D eigenvalue weighted by Gasteiger charge is 2.42. The molecule has 55 heavy (non-hydrogen) atoms. The normalized spacial score (nSPS) is 14.2. The zero-order valence-electron chi connectivity index (χ0n) is 31.9. The van der Waals surface area contributed by atoms with Gasteiger partial charge >= 0.3 is 0 Å². The van der Waals surface area contributed by atoms with E-state index in [0.717, 1.165) is 81.7 Å². The molecule has 0 amide bonds. The summed E-state index contributed by atoms with van der Waals surface area (Å²) in [6.45, 7) is 8.89. The number of fused-ring (bicyclic) bond motifs is 2. The first-order valence-electron chi connectivity index (χ1n) is 19.5. The van der Waals surface area contributed by atoms with Gasteiger partial charge in [0.05, 0.1) is 6.04 Å². The fourth-order valence-corrected chi connectivity index (χ4v) is 8.87. The highest BCUT2D eigenvalue weighted by molar-refractivity contribution is 5.82. The highest BCUT2D eigenvalue weighted by Crippen LogP contribution is 2.45. The van der Waals surface area contributed by atoms with Crippen molar-refractivity contribution in [1.29, 1.82) is 0 Å². The maximum atomic E-state index is 5.24. The molecule has 0 saturated heterocycles. The number of aromatic nitrogens is 7. The Morgan fingerprint density at radius 2 is 1.35 bits per heavy atom. The van der Waals surface area contributed by atoms with Crippen molar-refractivity contribution < 1.29 is 0 Å². The summed E-state index contributed by atoms with van der Waals surface area (Å²) < 4.78 is 4.46. The maximum Gasteiger partial charge on any atom is 0.184 e. The Morgan fingerprint density at radius 1 is 0.727 bits per heavy atom. The summed E-state index contributed by atoms with van der Waals surface area (Å²) in [5, 5.41) is 14.0. The lowest BCUT2D eigenvalue weighted by Crippen LogP contribution is -2.39. The van der Waals surface area contributed by atoms with Crippen LogP contribution in [0.2, 0.25) is 0 Å². The third-order valence-electron chi connectivity index (χ3n) is 11.2. The van der Waals surface area contributed by atoms with E-state index in [0.29, 0.717) is 11.7 Å². The van der Waals surface area contributed by atoms with Crippen LogP contribution in [0.4, 0.5) is 0 Å². The summed E-state index contributed by atoms with van der Waals surface area (Å²) in [5.74, 6) is 2.34. The molecule has 1 aliphatic rings. The first kappa shape index (κ1) is 34.6. The van der Waals surface area contributed by atoms with Gasteiger partial charge in [0.2, 0.25) is 0 Å². The number of nitrogens with zero attached hydrogens (tertiary/aromatic N) is 7. The van der Waals surface area contributed by atoms with E-state index < -0.39 is 5.54 Å².